The molecule has 1 aliphatic carbocycles. The first-order chi connectivity index (χ1) is 12.6. The Labute approximate surface area is 155 Å². The predicted molar refractivity (Wildman–Crippen MR) is 102 cm³/mol. The molecule has 1 aliphatic rings. The fraction of sp³-hybridized carbons (Fsp3) is 0.391. The summed E-state index contributed by atoms with van der Waals surface area (Å²) < 4.78 is 0. The van der Waals surface area contributed by atoms with Gasteiger partial charge in [-0.25, -0.2) is 0 Å². The molecule has 1 N–H and O–H groups in total. The maximum Gasteiger partial charge on any atom is 0.307 e. The molecule has 0 amide bonds. The van der Waals surface area contributed by atoms with Crippen LogP contribution in [-0.2, 0) is 4.79 Å². The van der Waals surface area contributed by atoms with E-state index in [-0.39, 0.29) is 17.6 Å². The van der Waals surface area contributed by atoms with Crippen LogP contribution in [0.1, 0.15) is 66.4 Å². The van der Waals surface area contributed by atoms with Gasteiger partial charge in [0.2, 0.25) is 0 Å². The van der Waals surface area contributed by atoms with E-state index in [0.717, 1.165) is 42.4 Å². The monoisotopic (exact) mass is 350 g/mol. The molecule has 0 aromatic heterocycles. The highest BCUT2D eigenvalue weighted by atomic mass is 16.4. The van der Waals surface area contributed by atoms with Gasteiger partial charge >= 0.3 is 5.97 Å². The third-order valence-electron chi connectivity index (χ3n) is 5.58. The van der Waals surface area contributed by atoms with Crippen molar-refractivity contribution < 1.29 is 14.7 Å². The van der Waals surface area contributed by atoms with E-state index >= 15 is 0 Å². The van der Waals surface area contributed by atoms with Crippen LogP contribution in [0, 0.1) is 11.8 Å². The van der Waals surface area contributed by atoms with Crippen molar-refractivity contribution in [3.63, 3.8) is 0 Å². The lowest BCUT2D eigenvalue weighted by molar-refractivity contribution is -0.141. The smallest absolute Gasteiger partial charge is 0.307 e. The molecule has 0 spiro atoms. The van der Waals surface area contributed by atoms with Gasteiger partial charge in [0, 0.05) is 17.4 Å². The van der Waals surface area contributed by atoms with E-state index in [4.69, 9.17) is 0 Å². The average Bonchev–Trinajstić information content (AvgIpc) is 2.69. The fourth-order valence-electron chi connectivity index (χ4n) is 4.03. The van der Waals surface area contributed by atoms with Gasteiger partial charge in [-0.3, -0.25) is 9.59 Å². The number of ketones is 1. The minimum absolute atomic E-state index is 0.150. The maximum absolute atomic E-state index is 12.7. The molecule has 1 saturated carbocycles. The Morgan fingerprint density at radius 3 is 2.04 bits per heavy atom. The highest BCUT2D eigenvalue weighted by Crippen LogP contribution is 2.33. The third kappa shape index (κ3) is 4.04. The van der Waals surface area contributed by atoms with Crippen LogP contribution >= 0.6 is 0 Å². The van der Waals surface area contributed by atoms with Crippen LogP contribution in [-0.4, -0.2) is 16.9 Å². The zero-order valence-corrected chi connectivity index (χ0v) is 15.2. The lowest BCUT2D eigenvalue weighted by Gasteiger charge is -2.23. The van der Waals surface area contributed by atoms with Crippen molar-refractivity contribution in [2.75, 3.05) is 0 Å². The van der Waals surface area contributed by atoms with Gasteiger partial charge < -0.3 is 5.11 Å². The first-order valence-electron chi connectivity index (χ1n) is 9.50. The number of aliphatic carboxylic acids is 1. The van der Waals surface area contributed by atoms with Crippen LogP contribution in [0.25, 0.3) is 0 Å². The number of hydrogen-bond donors (Lipinski definition) is 1. The molecular formula is C23H26O3. The van der Waals surface area contributed by atoms with E-state index in [2.05, 4.69) is 0 Å². The highest BCUT2D eigenvalue weighted by Gasteiger charge is 2.27. The molecule has 2 aromatic rings. The summed E-state index contributed by atoms with van der Waals surface area (Å²) in [4.78, 5) is 24.3. The molecule has 2 unspecified atom stereocenters. The quantitative estimate of drug-likeness (QED) is 0.719. The standard InChI is InChI=1S/C23H26O3/c1-16(23(25)26)21(17-8-4-2-5-9-17)18-12-14-20(15-13-18)22(24)19-10-6-3-7-11-19/h2,4-5,8-9,12-16,19,21H,3,6-7,10-11H2,1H3,(H,25,26). The van der Waals surface area contributed by atoms with Crippen molar-refractivity contribution >= 4 is 11.8 Å². The Bertz CT molecular complexity index is 743. The topological polar surface area (TPSA) is 54.4 Å². The van der Waals surface area contributed by atoms with E-state index in [9.17, 15) is 14.7 Å². The lowest BCUT2D eigenvalue weighted by Crippen LogP contribution is -2.21. The number of rotatable bonds is 6. The summed E-state index contributed by atoms with van der Waals surface area (Å²) in [7, 11) is 0. The summed E-state index contributed by atoms with van der Waals surface area (Å²) >= 11 is 0. The van der Waals surface area contributed by atoms with Gasteiger partial charge in [-0.15, -0.1) is 0 Å². The van der Waals surface area contributed by atoms with Crippen molar-refractivity contribution in [1.82, 2.24) is 0 Å². The average molecular weight is 350 g/mol. The second-order valence-corrected chi connectivity index (χ2v) is 7.34. The number of carboxylic acid groups (broad SMARTS) is 1. The summed E-state index contributed by atoms with van der Waals surface area (Å²) in [6.07, 6.45) is 5.49. The molecule has 0 saturated heterocycles. The SMILES string of the molecule is CC(C(=O)O)C(c1ccccc1)c1ccc(C(=O)C2CCCCC2)cc1. The van der Waals surface area contributed by atoms with Gasteiger partial charge in [0.05, 0.1) is 5.92 Å². The molecule has 3 rings (SSSR count). The minimum atomic E-state index is -0.818. The van der Waals surface area contributed by atoms with Crippen LogP contribution < -0.4 is 0 Å². The number of benzene rings is 2. The van der Waals surface area contributed by atoms with E-state index < -0.39 is 11.9 Å². The molecule has 0 aliphatic heterocycles. The van der Waals surface area contributed by atoms with Crippen LogP contribution in [0.15, 0.2) is 54.6 Å². The first kappa shape index (κ1) is 18.4. The van der Waals surface area contributed by atoms with Gasteiger partial charge in [0.15, 0.2) is 5.78 Å². The van der Waals surface area contributed by atoms with Crippen molar-refractivity contribution in [3.05, 3.63) is 71.3 Å². The molecule has 3 nitrogen and oxygen atoms in total. The second-order valence-electron chi connectivity index (χ2n) is 7.34. The van der Waals surface area contributed by atoms with Crippen molar-refractivity contribution in [2.45, 2.75) is 44.9 Å². The number of carbonyl (C=O) groups is 2. The zero-order chi connectivity index (χ0) is 18.5. The van der Waals surface area contributed by atoms with Gasteiger partial charge in [0.1, 0.15) is 0 Å². The molecule has 0 bridgehead atoms. The maximum atomic E-state index is 12.7. The Hall–Kier alpha value is -2.42. The van der Waals surface area contributed by atoms with Gasteiger partial charge in [-0.1, -0.05) is 80.8 Å². The molecule has 2 aromatic carbocycles. The zero-order valence-electron chi connectivity index (χ0n) is 15.2. The molecule has 136 valence electrons. The fourth-order valence-corrected chi connectivity index (χ4v) is 4.03. The molecule has 0 radical (unpaired) electrons. The number of carbonyl (C=O) groups excluding carboxylic acids is 1. The molecule has 3 heteroatoms. The van der Waals surface area contributed by atoms with Crippen LogP contribution in [0.5, 0.6) is 0 Å². The van der Waals surface area contributed by atoms with E-state index in [0.29, 0.717) is 0 Å². The molecule has 0 heterocycles. The van der Waals surface area contributed by atoms with Crippen molar-refractivity contribution in [2.24, 2.45) is 11.8 Å². The van der Waals surface area contributed by atoms with Crippen molar-refractivity contribution in [1.29, 1.82) is 0 Å². The summed E-state index contributed by atoms with van der Waals surface area (Å²) in [6.45, 7) is 1.74. The van der Waals surface area contributed by atoms with Gasteiger partial charge in [-0.2, -0.15) is 0 Å². The summed E-state index contributed by atoms with van der Waals surface area (Å²) in [6, 6.07) is 17.3. The minimum Gasteiger partial charge on any atom is -0.481 e. The summed E-state index contributed by atoms with van der Waals surface area (Å²) in [5, 5.41) is 9.53. The second kappa shape index (κ2) is 8.31. The van der Waals surface area contributed by atoms with Gasteiger partial charge in [-0.05, 0) is 24.0 Å². The Morgan fingerprint density at radius 2 is 1.46 bits per heavy atom. The Morgan fingerprint density at radius 1 is 0.885 bits per heavy atom. The van der Waals surface area contributed by atoms with E-state index in [1.807, 2.05) is 54.6 Å². The first-order valence-corrected chi connectivity index (χ1v) is 9.50. The lowest BCUT2D eigenvalue weighted by atomic mass is 9.80. The highest BCUT2D eigenvalue weighted by molar-refractivity contribution is 5.97. The molecule has 1 fully saturated rings. The Kier molecular flexibility index (Phi) is 5.87. The molecule has 2 atom stereocenters. The third-order valence-corrected chi connectivity index (χ3v) is 5.58. The summed E-state index contributed by atoms with van der Waals surface area (Å²) in [5.74, 6) is -1.21. The van der Waals surface area contributed by atoms with Crippen molar-refractivity contribution in [3.8, 4) is 0 Å². The number of Topliss-reactive ketones (excluding diaryl/α,β-unsaturated/α-hetero) is 1. The Balaban J connectivity index is 1.86. The molecule has 26 heavy (non-hydrogen) atoms. The van der Waals surface area contributed by atoms with E-state index in [1.165, 1.54) is 6.42 Å². The molecular weight excluding hydrogens is 324 g/mol. The van der Waals surface area contributed by atoms with Crippen LogP contribution in [0.4, 0.5) is 0 Å². The van der Waals surface area contributed by atoms with E-state index in [1.54, 1.807) is 6.92 Å². The van der Waals surface area contributed by atoms with Crippen LogP contribution in [0.2, 0.25) is 0 Å². The predicted octanol–water partition coefficient (Wildman–Crippen LogP) is 5.30. The van der Waals surface area contributed by atoms with Gasteiger partial charge in [0.25, 0.3) is 0 Å². The normalized spacial score (nSPS) is 17.4. The number of hydrogen-bond acceptors (Lipinski definition) is 2. The largest absolute Gasteiger partial charge is 0.481 e. The number of carboxylic acids is 1. The summed E-state index contributed by atoms with van der Waals surface area (Å²) in [5.41, 5.74) is 2.66. The van der Waals surface area contributed by atoms with Crippen LogP contribution in [0.3, 0.4) is 0 Å².